The van der Waals surface area contributed by atoms with Crippen LogP contribution in [0.5, 0.6) is 5.75 Å². The van der Waals surface area contributed by atoms with E-state index in [0.29, 0.717) is 11.1 Å². The Labute approximate surface area is 124 Å². The number of carbonyl (C=O) groups is 1. The summed E-state index contributed by atoms with van der Waals surface area (Å²) in [5, 5.41) is 21.4. The number of hydrogen-bond acceptors (Lipinski definition) is 6. The molecule has 0 aliphatic heterocycles. The van der Waals surface area contributed by atoms with Crippen molar-refractivity contribution in [1.29, 1.82) is 0 Å². The molecule has 0 bridgehead atoms. The van der Waals surface area contributed by atoms with Gasteiger partial charge in [0.25, 0.3) is 11.4 Å². The molecule has 0 N–H and O–H groups in total. The van der Waals surface area contributed by atoms with Gasteiger partial charge in [-0.3, -0.25) is 25.0 Å². The van der Waals surface area contributed by atoms with Crippen LogP contribution in [0.1, 0.15) is 6.92 Å². The van der Waals surface area contributed by atoms with E-state index in [4.69, 9.17) is 4.74 Å². The topological polar surface area (TPSA) is 113 Å². The zero-order valence-electron chi connectivity index (χ0n) is 11.4. The molecule has 0 aliphatic rings. The molecule has 0 unspecified atom stereocenters. The Kier molecular flexibility index (Phi) is 4.12. The summed E-state index contributed by atoms with van der Waals surface area (Å²) >= 11 is 0. The fourth-order valence-corrected chi connectivity index (χ4v) is 1.87. The van der Waals surface area contributed by atoms with Gasteiger partial charge in [-0.2, -0.15) is 0 Å². The third kappa shape index (κ3) is 3.23. The number of nitro groups is 2. The fourth-order valence-electron chi connectivity index (χ4n) is 1.87. The van der Waals surface area contributed by atoms with Gasteiger partial charge in [0.05, 0.1) is 15.9 Å². The van der Waals surface area contributed by atoms with Gasteiger partial charge in [-0.25, -0.2) is 0 Å². The first kappa shape index (κ1) is 15.1. The average molecular weight is 302 g/mol. The molecular weight excluding hydrogens is 292 g/mol. The van der Waals surface area contributed by atoms with Crippen LogP contribution in [0.4, 0.5) is 11.4 Å². The highest BCUT2D eigenvalue weighted by molar-refractivity contribution is 5.78. The summed E-state index contributed by atoms with van der Waals surface area (Å²) in [4.78, 5) is 31.4. The Morgan fingerprint density at radius 1 is 0.955 bits per heavy atom. The molecule has 0 amide bonds. The van der Waals surface area contributed by atoms with Crippen molar-refractivity contribution in [2.75, 3.05) is 0 Å². The maximum absolute atomic E-state index is 11.1. The quantitative estimate of drug-likeness (QED) is 0.371. The molecule has 0 atom stereocenters. The van der Waals surface area contributed by atoms with Crippen LogP contribution in [0.3, 0.4) is 0 Å². The third-order valence-electron chi connectivity index (χ3n) is 2.82. The first-order valence-corrected chi connectivity index (χ1v) is 6.10. The number of rotatable bonds is 4. The van der Waals surface area contributed by atoms with Crippen LogP contribution in [0, 0.1) is 20.2 Å². The smallest absolute Gasteiger partial charge is 0.308 e. The molecule has 0 radical (unpaired) electrons. The second-order valence-electron chi connectivity index (χ2n) is 4.34. The predicted molar refractivity (Wildman–Crippen MR) is 76.5 cm³/mol. The molecule has 2 aromatic rings. The first-order valence-electron chi connectivity index (χ1n) is 6.10. The monoisotopic (exact) mass is 302 g/mol. The van der Waals surface area contributed by atoms with E-state index in [1.54, 1.807) is 0 Å². The third-order valence-corrected chi connectivity index (χ3v) is 2.82. The van der Waals surface area contributed by atoms with Gasteiger partial charge in [0.15, 0.2) is 0 Å². The van der Waals surface area contributed by atoms with Gasteiger partial charge >= 0.3 is 5.97 Å². The molecule has 22 heavy (non-hydrogen) atoms. The summed E-state index contributed by atoms with van der Waals surface area (Å²) in [7, 11) is 0. The Morgan fingerprint density at radius 3 is 2.00 bits per heavy atom. The van der Waals surface area contributed by atoms with E-state index < -0.39 is 15.8 Å². The maximum atomic E-state index is 11.1. The van der Waals surface area contributed by atoms with Crippen LogP contribution in [-0.2, 0) is 4.79 Å². The van der Waals surface area contributed by atoms with Gasteiger partial charge in [-0.15, -0.1) is 0 Å². The van der Waals surface area contributed by atoms with Crippen molar-refractivity contribution >= 4 is 17.3 Å². The van der Waals surface area contributed by atoms with Crippen LogP contribution in [0.2, 0.25) is 0 Å². The van der Waals surface area contributed by atoms with Gasteiger partial charge in [0.1, 0.15) is 5.75 Å². The van der Waals surface area contributed by atoms with Gasteiger partial charge in [-0.1, -0.05) is 0 Å². The van der Waals surface area contributed by atoms with Crippen LogP contribution >= 0.6 is 0 Å². The zero-order chi connectivity index (χ0) is 16.3. The molecule has 0 heterocycles. The second kappa shape index (κ2) is 6.00. The van der Waals surface area contributed by atoms with Crippen molar-refractivity contribution in [1.82, 2.24) is 0 Å². The molecule has 0 fully saturated rings. The zero-order valence-corrected chi connectivity index (χ0v) is 11.4. The molecule has 0 saturated carbocycles. The minimum absolute atomic E-state index is 0.0237. The van der Waals surface area contributed by atoms with E-state index in [9.17, 15) is 25.0 Å². The van der Waals surface area contributed by atoms with Gasteiger partial charge in [-0.05, 0) is 23.8 Å². The van der Waals surface area contributed by atoms with E-state index in [1.165, 1.54) is 43.3 Å². The molecule has 2 aromatic carbocycles. The van der Waals surface area contributed by atoms with Crippen molar-refractivity contribution in [3.05, 3.63) is 62.7 Å². The molecule has 8 heteroatoms. The van der Waals surface area contributed by atoms with Crippen molar-refractivity contribution in [3.63, 3.8) is 0 Å². The standard InChI is InChI=1S/C14H10N2O6/c1-9(17)22-14-8-12(16(20)21)6-7-13(14)10-2-4-11(5-3-10)15(18)19/h2-8H,1H3. The van der Waals surface area contributed by atoms with Gasteiger partial charge in [0.2, 0.25) is 0 Å². The summed E-state index contributed by atoms with van der Waals surface area (Å²) in [5.41, 5.74) is 0.661. The van der Waals surface area contributed by atoms with Crippen LogP contribution < -0.4 is 4.74 Å². The predicted octanol–water partition coefficient (Wildman–Crippen LogP) is 3.10. The minimum Gasteiger partial charge on any atom is -0.426 e. The van der Waals surface area contributed by atoms with E-state index in [-0.39, 0.29) is 17.1 Å². The van der Waals surface area contributed by atoms with Gasteiger partial charge < -0.3 is 4.74 Å². The number of nitrogens with zero attached hydrogens (tertiary/aromatic N) is 2. The molecule has 0 aliphatic carbocycles. The maximum Gasteiger partial charge on any atom is 0.308 e. The van der Waals surface area contributed by atoms with Crippen LogP contribution in [0.25, 0.3) is 11.1 Å². The summed E-state index contributed by atoms with van der Waals surface area (Å²) in [5.74, 6) is -0.598. The van der Waals surface area contributed by atoms with Crippen molar-refractivity contribution in [2.24, 2.45) is 0 Å². The summed E-state index contributed by atoms with van der Waals surface area (Å²) < 4.78 is 4.99. The molecule has 0 saturated heterocycles. The number of nitro benzene ring substituents is 2. The van der Waals surface area contributed by atoms with Crippen molar-refractivity contribution in [2.45, 2.75) is 6.92 Å². The minimum atomic E-state index is -0.622. The molecule has 0 spiro atoms. The second-order valence-corrected chi connectivity index (χ2v) is 4.34. The van der Waals surface area contributed by atoms with E-state index in [2.05, 4.69) is 0 Å². The van der Waals surface area contributed by atoms with E-state index in [0.717, 1.165) is 6.07 Å². The SMILES string of the molecule is CC(=O)Oc1cc([N+](=O)[O-])ccc1-c1ccc([N+](=O)[O-])cc1. The normalized spacial score (nSPS) is 10.0. The van der Waals surface area contributed by atoms with E-state index in [1.807, 2.05) is 0 Å². The summed E-state index contributed by atoms with van der Waals surface area (Å²) in [6.07, 6.45) is 0. The summed E-state index contributed by atoms with van der Waals surface area (Å²) in [6.45, 7) is 1.18. The molecule has 0 aromatic heterocycles. The lowest BCUT2D eigenvalue weighted by Gasteiger charge is -2.09. The number of ether oxygens (including phenoxy) is 1. The van der Waals surface area contributed by atoms with Crippen LogP contribution in [-0.4, -0.2) is 15.8 Å². The average Bonchev–Trinajstić information content (AvgIpc) is 2.46. The number of hydrogen-bond donors (Lipinski definition) is 0. The van der Waals surface area contributed by atoms with Crippen LogP contribution in [0.15, 0.2) is 42.5 Å². The Morgan fingerprint density at radius 2 is 1.50 bits per heavy atom. The largest absolute Gasteiger partial charge is 0.426 e. The van der Waals surface area contributed by atoms with Crippen molar-refractivity contribution < 1.29 is 19.4 Å². The Hall–Kier alpha value is -3.29. The lowest BCUT2D eigenvalue weighted by atomic mass is 10.0. The number of carbonyl (C=O) groups excluding carboxylic acids is 1. The molecule has 112 valence electrons. The van der Waals surface area contributed by atoms with E-state index >= 15 is 0 Å². The molecule has 2 rings (SSSR count). The van der Waals surface area contributed by atoms with Gasteiger partial charge in [0, 0.05) is 30.7 Å². The number of benzene rings is 2. The number of esters is 1. The number of non-ortho nitro benzene ring substituents is 2. The molecule has 8 nitrogen and oxygen atoms in total. The highest BCUT2D eigenvalue weighted by Crippen LogP contribution is 2.34. The fraction of sp³-hybridized carbons (Fsp3) is 0.0714. The van der Waals surface area contributed by atoms with Crippen molar-refractivity contribution in [3.8, 4) is 16.9 Å². The molecular formula is C14H10N2O6. The lowest BCUT2D eigenvalue weighted by Crippen LogP contribution is -2.03. The lowest BCUT2D eigenvalue weighted by molar-refractivity contribution is -0.385. The highest BCUT2D eigenvalue weighted by atomic mass is 16.6. The summed E-state index contributed by atoms with van der Waals surface area (Å²) in [6, 6.07) is 9.39. The highest BCUT2D eigenvalue weighted by Gasteiger charge is 2.15. The first-order chi connectivity index (χ1) is 10.4. The Balaban J connectivity index is 2.50. The Bertz CT molecular complexity index is 754.